The molecule has 7 heteroatoms. The van der Waals surface area contributed by atoms with Gasteiger partial charge in [0, 0.05) is 13.0 Å². The van der Waals surface area contributed by atoms with Crippen LogP contribution in [0.15, 0.2) is 6.20 Å². The van der Waals surface area contributed by atoms with Crippen LogP contribution in [-0.2, 0) is 6.54 Å². The molecule has 0 radical (unpaired) electrons. The Labute approximate surface area is 78.1 Å². The van der Waals surface area contributed by atoms with Gasteiger partial charge in [-0.2, -0.15) is 5.10 Å². The zero-order valence-corrected chi connectivity index (χ0v) is 7.15. The number of aryl methyl sites for hydroxylation is 1. The molecule has 0 aliphatic rings. The summed E-state index contributed by atoms with van der Waals surface area (Å²) < 4.78 is 24.7. The number of hydrogen-bond acceptors (Lipinski definition) is 3. The lowest BCUT2D eigenvalue weighted by molar-refractivity contribution is 0.0698. The van der Waals surface area contributed by atoms with E-state index in [0.717, 1.165) is 10.9 Å². The van der Waals surface area contributed by atoms with Gasteiger partial charge >= 0.3 is 5.97 Å². The Balaban J connectivity index is 2.74. The van der Waals surface area contributed by atoms with Gasteiger partial charge in [-0.25, -0.2) is 18.3 Å². The Bertz CT molecular complexity index is 338. The number of hydrogen-bond donors (Lipinski definition) is 2. The van der Waals surface area contributed by atoms with Crippen LogP contribution in [0.2, 0.25) is 0 Å². The number of nitrogens with zero attached hydrogens (tertiary/aromatic N) is 2. The molecule has 0 amide bonds. The highest BCUT2D eigenvalue weighted by Crippen LogP contribution is 2.12. The number of anilines is 1. The fourth-order valence-corrected chi connectivity index (χ4v) is 0.958. The number of carbonyl (C=O) groups is 1. The second kappa shape index (κ2) is 4.03. The van der Waals surface area contributed by atoms with E-state index in [0.29, 0.717) is 0 Å². The predicted molar refractivity (Wildman–Crippen MR) is 44.2 cm³/mol. The summed E-state index contributed by atoms with van der Waals surface area (Å²) in [6.45, 7) is -0.0865. The molecule has 3 N–H and O–H groups in total. The van der Waals surface area contributed by atoms with Crippen LogP contribution in [-0.4, -0.2) is 27.3 Å². The van der Waals surface area contributed by atoms with Gasteiger partial charge in [0.05, 0.1) is 6.20 Å². The number of rotatable bonds is 4. The van der Waals surface area contributed by atoms with Gasteiger partial charge in [0.25, 0.3) is 0 Å². The first-order chi connectivity index (χ1) is 6.52. The average Bonchev–Trinajstić information content (AvgIpc) is 2.43. The third-order valence-corrected chi connectivity index (χ3v) is 1.67. The maximum absolute atomic E-state index is 11.8. The molecule has 0 atom stereocenters. The van der Waals surface area contributed by atoms with Crippen molar-refractivity contribution in [2.45, 2.75) is 19.4 Å². The number of carboxylic acids is 1. The SMILES string of the molecule is Nc1c(C(=O)O)cnn1CCC(F)F. The van der Waals surface area contributed by atoms with Gasteiger partial charge in [0.2, 0.25) is 6.43 Å². The fraction of sp³-hybridized carbons (Fsp3) is 0.429. The summed E-state index contributed by atoms with van der Waals surface area (Å²) in [7, 11) is 0. The molecule has 0 spiro atoms. The smallest absolute Gasteiger partial charge is 0.341 e. The van der Waals surface area contributed by atoms with E-state index in [1.165, 1.54) is 0 Å². The van der Waals surface area contributed by atoms with Crippen molar-refractivity contribution >= 4 is 11.8 Å². The molecule has 5 nitrogen and oxygen atoms in total. The quantitative estimate of drug-likeness (QED) is 0.762. The Morgan fingerprint density at radius 1 is 1.71 bits per heavy atom. The topological polar surface area (TPSA) is 81.1 Å². The van der Waals surface area contributed by atoms with E-state index < -0.39 is 18.8 Å². The number of aromatic nitrogens is 2. The highest BCUT2D eigenvalue weighted by Gasteiger charge is 2.14. The Kier molecular flexibility index (Phi) is 3.00. The summed E-state index contributed by atoms with van der Waals surface area (Å²) in [6, 6.07) is 0. The van der Waals surface area contributed by atoms with E-state index in [9.17, 15) is 13.6 Å². The van der Waals surface area contributed by atoms with E-state index in [1.54, 1.807) is 0 Å². The number of nitrogen functional groups attached to an aromatic ring is 1. The minimum Gasteiger partial charge on any atom is -0.477 e. The zero-order chi connectivity index (χ0) is 10.7. The Morgan fingerprint density at radius 3 is 2.79 bits per heavy atom. The van der Waals surface area contributed by atoms with E-state index in [2.05, 4.69) is 5.10 Å². The Morgan fingerprint density at radius 2 is 2.36 bits per heavy atom. The molecule has 78 valence electrons. The van der Waals surface area contributed by atoms with Gasteiger partial charge in [0.1, 0.15) is 11.4 Å². The summed E-state index contributed by atoms with van der Waals surface area (Å²) in [5.41, 5.74) is 5.20. The van der Waals surface area contributed by atoms with Crippen LogP contribution in [0.3, 0.4) is 0 Å². The van der Waals surface area contributed by atoms with Crippen molar-refractivity contribution in [2.24, 2.45) is 0 Å². The van der Waals surface area contributed by atoms with Crippen LogP contribution in [0.5, 0.6) is 0 Å². The molecular formula is C7H9F2N3O2. The summed E-state index contributed by atoms with van der Waals surface area (Å²) in [6.07, 6.45) is -1.81. The summed E-state index contributed by atoms with van der Waals surface area (Å²) >= 11 is 0. The number of aromatic carboxylic acids is 1. The Hall–Kier alpha value is -1.66. The summed E-state index contributed by atoms with van der Waals surface area (Å²) in [4.78, 5) is 10.5. The van der Waals surface area contributed by atoms with Crippen LogP contribution in [0.1, 0.15) is 16.8 Å². The number of alkyl halides is 2. The van der Waals surface area contributed by atoms with E-state index >= 15 is 0 Å². The third kappa shape index (κ3) is 2.18. The third-order valence-electron chi connectivity index (χ3n) is 1.67. The van der Waals surface area contributed by atoms with E-state index in [4.69, 9.17) is 10.8 Å². The number of nitrogens with two attached hydrogens (primary N) is 1. The first kappa shape index (κ1) is 10.4. The van der Waals surface area contributed by atoms with Gasteiger partial charge in [0.15, 0.2) is 0 Å². The van der Waals surface area contributed by atoms with Crippen molar-refractivity contribution in [1.82, 2.24) is 9.78 Å². The van der Waals surface area contributed by atoms with Gasteiger partial charge in [-0.15, -0.1) is 0 Å². The number of carboxylic acid groups (broad SMARTS) is 1. The molecule has 0 bridgehead atoms. The van der Waals surface area contributed by atoms with Crippen molar-refractivity contribution in [1.29, 1.82) is 0 Å². The van der Waals surface area contributed by atoms with Crippen LogP contribution in [0, 0.1) is 0 Å². The van der Waals surface area contributed by atoms with Crippen LogP contribution in [0.4, 0.5) is 14.6 Å². The minimum atomic E-state index is -2.45. The molecule has 1 rings (SSSR count). The molecule has 0 aliphatic carbocycles. The predicted octanol–water partition coefficient (Wildman–Crippen LogP) is 0.819. The van der Waals surface area contributed by atoms with Crippen molar-refractivity contribution in [3.63, 3.8) is 0 Å². The first-order valence-electron chi connectivity index (χ1n) is 3.85. The van der Waals surface area contributed by atoms with Crippen LogP contribution < -0.4 is 5.73 Å². The molecule has 0 unspecified atom stereocenters. The van der Waals surface area contributed by atoms with Gasteiger partial charge in [-0.05, 0) is 0 Å². The molecule has 1 aromatic heterocycles. The van der Waals surface area contributed by atoms with E-state index in [1.807, 2.05) is 0 Å². The van der Waals surface area contributed by atoms with E-state index in [-0.39, 0.29) is 17.9 Å². The molecule has 0 fully saturated rings. The van der Waals surface area contributed by atoms with Gasteiger partial charge in [-0.1, -0.05) is 0 Å². The minimum absolute atomic E-state index is 0.0865. The molecule has 0 saturated carbocycles. The molecule has 1 aromatic rings. The fourth-order valence-electron chi connectivity index (χ4n) is 0.958. The maximum atomic E-state index is 11.8. The molecule has 14 heavy (non-hydrogen) atoms. The first-order valence-corrected chi connectivity index (χ1v) is 3.85. The molecule has 0 aromatic carbocycles. The van der Waals surface area contributed by atoms with Crippen molar-refractivity contribution in [3.05, 3.63) is 11.8 Å². The second-order valence-corrected chi connectivity index (χ2v) is 2.65. The van der Waals surface area contributed by atoms with Crippen LogP contribution >= 0.6 is 0 Å². The lowest BCUT2D eigenvalue weighted by Crippen LogP contribution is -2.09. The van der Waals surface area contributed by atoms with Gasteiger partial charge < -0.3 is 10.8 Å². The number of halogens is 2. The van der Waals surface area contributed by atoms with Gasteiger partial charge in [-0.3, -0.25) is 0 Å². The standard InChI is InChI=1S/C7H9F2N3O2/c8-5(9)1-2-12-6(10)4(3-11-12)7(13)14/h3,5H,1-2,10H2,(H,13,14). The lowest BCUT2D eigenvalue weighted by Gasteiger charge is -2.03. The summed E-state index contributed by atoms with van der Waals surface area (Å²) in [5.74, 6) is -1.32. The molecule has 0 aliphatic heterocycles. The largest absolute Gasteiger partial charge is 0.477 e. The van der Waals surface area contributed by atoms with Crippen LogP contribution in [0.25, 0.3) is 0 Å². The summed E-state index contributed by atoms with van der Waals surface area (Å²) in [5, 5.41) is 12.2. The average molecular weight is 205 g/mol. The molecule has 0 saturated heterocycles. The van der Waals surface area contributed by atoms with Crippen molar-refractivity contribution in [3.8, 4) is 0 Å². The normalized spacial score (nSPS) is 10.8. The zero-order valence-electron chi connectivity index (χ0n) is 7.15. The molecule has 1 heterocycles. The van der Waals surface area contributed by atoms with Crippen molar-refractivity contribution in [2.75, 3.05) is 5.73 Å². The monoisotopic (exact) mass is 205 g/mol. The van der Waals surface area contributed by atoms with Crippen molar-refractivity contribution < 1.29 is 18.7 Å². The second-order valence-electron chi connectivity index (χ2n) is 2.65. The highest BCUT2D eigenvalue weighted by atomic mass is 19.3. The maximum Gasteiger partial charge on any atom is 0.341 e. The lowest BCUT2D eigenvalue weighted by atomic mass is 10.3. The highest BCUT2D eigenvalue weighted by molar-refractivity contribution is 5.92. The molecular weight excluding hydrogens is 196 g/mol.